The first-order valence-electron chi connectivity index (χ1n) is 5.54. The molecule has 0 radical (unpaired) electrons. The van der Waals surface area contributed by atoms with Crippen molar-refractivity contribution >= 4 is 39.8 Å². The molecule has 92 valence electrons. The third-order valence-corrected chi connectivity index (χ3v) is 2.88. The van der Waals surface area contributed by atoms with E-state index in [9.17, 15) is 9.59 Å². The highest BCUT2D eigenvalue weighted by Crippen LogP contribution is 2.29. The second-order valence-electron chi connectivity index (χ2n) is 4.07. The first-order chi connectivity index (χ1) is 8.58. The number of hydrogen-bond donors (Lipinski definition) is 1. The average molecular weight is 262 g/mol. The summed E-state index contributed by atoms with van der Waals surface area (Å²) < 4.78 is 0. The van der Waals surface area contributed by atoms with Crippen LogP contribution in [-0.4, -0.2) is 11.7 Å². The number of ketones is 1. The third kappa shape index (κ3) is 2.68. The minimum Gasteiger partial charge on any atom is -0.325 e. The summed E-state index contributed by atoms with van der Waals surface area (Å²) in [7, 11) is 0. The number of amides is 1. The van der Waals surface area contributed by atoms with Crippen LogP contribution in [0, 0.1) is 0 Å². The van der Waals surface area contributed by atoms with Crippen molar-refractivity contribution in [3.05, 3.63) is 41.4 Å². The van der Waals surface area contributed by atoms with Gasteiger partial charge in [0.25, 0.3) is 0 Å². The monoisotopic (exact) mass is 261 g/mol. The fourth-order valence-corrected chi connectivity index (χ4v) is 2.02. The van der Waals surface area contributed by atoms with Gasteiger partial charge in [-0.1, -0.05) is 35.9 Å². The van der Waals surface area contributed by atoms with Gasteiger partial charge in [-0.25, -0.2) is 0 Å². The number of Topliss-reactive ketones (excluding diaryl/α,β-unsaturated/α-hetero) is 1. The van der Waals surface area contributed by atoms with E-state index in [1.165, 1.54) is 6.92 Å². The van der Waals surface area contributed by atoms with Gasteiger partial charge >= 0.3 is 0 Å². The summed E-state index contributed by atoms with van der Waals surface area (Å²) in [5.41, 5.74) is 0.668. The maximum atomic E-state index is 11.6. The minimum absolute atomic E-state index is 0.114. The summed E-state index contributed by atoms with van der Waals surface area (Å²) in [6, 6.07) is 11.0. The Morgan fingerprint density at radius 1 is 1.11 bits per heavy atom. The number of carbonyl (C=O) groups excluding carboxylic acids is 2. The number of fused-ring (bicyclic) bond motifs is 1. The number of benzene rings is 2. The number of carbonyl (C=O) groups is 2. The smallest absolute Gasteiger partial charge is 0.231 e. The summed E-state index contributed by atoms with van der Waals surface area (Å²) in [6.07, 6.45) is -0.114. The lowest BCUT2D eigenvalue weighted by atomic mass is 10.1. The number of rotatable bonds is 3. The molecule has 1 amide bonds. The average Bonchev–Trinajstić information content (AvgIpc) is 2.32. The molecule has 0 heterocycles. The Labute approximate surface area is 110 Å². The molecule has 0 aliphatic rings. The predicted octanol–water partition coefficient (Wildman–Crippen LogP) is 3.41. The molecule has 0 spiro atoms. The fourth-order valence-electron chi connectivity index (χ4n) is 1.79. The van der Waals surface area contributed by atoms with Crippen LogP contribution in [0.15, 0.2) is 36.4 Å². The van der Waals surface area contributed by atoms with Crippen molar-refractivity contribution < 1.29 is 9.59 Å². The summed E-state index contributed by atoms with van der Waals surface area (Å²) in [4.78, 5) is 22.5. The van der Waals surface area contributed by atoms with E-state index in [0.717, 1.165) is 10.8 Å². The topological polar surface area (TPSA) is 46.2 Å². The van der Waals surface area contributed by atoms with Crippen LogP contribution < -0.4 is 5.32 Å². The van der Waals surface area contributed by atoms with E-state index in [1.807, 2.05) is 24.3 Å². The first kappa shape index (κ1) is 12.6. The zero-order chi connectivity index (χ0) is 13.1. The molecule has 0 aliphatic heterocycles. The van der Waals surface area contributed by atoms with E-state index >= 15 is 0 Å². The van der Waals surface area contributed by atoms with Crippen molar-refractivity contribution in [3.63, 3.8) is 0 Å². The van der Waals surface area contributed by atoms with Gasteiger partial charge in [0.2, 0.25) is 5.91 Å². The zero-order valence-electron chi connectivity index (χ0n) is 9.87. The molecule has 2 aromatic rings. The summed E-state index contributed by atoms with van der Waals surface area (Å²) in [6.45, 7) is 1.39. The van der Waals surface area contributed by atoms with Crippen LogP contribution in [-0.2, 0) is 9.59 Å². The Balaban J connectivity index is 2.37. The maximum Gasteiger partial charge on any atom is 0.231 e. The normalized spacial score (nSPS) is 10.3. The van der Waals surface area contributed by atoms with Crippen LogP contribution in [0.1, 0.15) is 13.3 Å². The molecule has 0 unspecified atom stereocenters. The molecule has 0 saturated carbocycles. The second kappa shape index (κ2) is 5.19. The Morgan fingerprint density at radius 2 is 1.78 bits per heavy atom. The first-order valence-corrected chi connectivity index (χ1v) is 5.92. The van der Waals surface area contributed by atoms with Crippen LogP contribution in [0.2, 0.25) is 5.02 Å². The predicted molar refractivity (Wildman–Crippen MR) is 72.9 cm³/mol. The maximum absolute atomic E-state index is 11.6. The minimum atomic E-state index is -0.310. The third-order valence-electron chi connectivity index (χ3n) is 2.55. The van der Waals surface area contributed by atoms with Gasteiger partial charge in [0.15, 0.2) is 0 Å². The van der Waals surface area contributed by atoms with E-state index in [0.29, 0.717) is 10.7 Å². The van der Waals surface area contributed by atoms with Crippen LogP contribution in [0.4, 0.5) is 5.69 Å². The highest BCUT2D eigenvalue weighted by molar-refractivity contribution is 6.36. The highest BCUT2D eigenvalue weighted by atomic mass is 35.5. The molecule has 3 nitrogen and oxygen atoms in total. The van der Waals surface area contributed by atoms with Crippen molar-refractivity contribution in [2.45, 2.75) is 13.3 Å². The van der Waals surface area contributed by atoms with Crippen molar-refractivity contribution in [2.24, 2.45) is 0 Å². The van der Waals surface area contributed by atoms with Gasteiger partial charge in [0, 0.05) is 21.5 Å². The number of nitrogens with one attached hydrogen (secondary N) is 1. The molecule has 0 saturated heterocycles. The van der Waals surface area contributed by atoms with E-state index < -0.39 is 0 Å². The Kier molecular flexibility index (Phi) is 3.63. The van der Waals surface area contributed by atoms with Crippen LogP contribution in [0.25, 0.3) is 10.8 Å². The quantitative estimate of drug-likeness (QED) is 0.861. The van der Waals surface area contributed by atoms with Gasteiger partial charge in [0.05, 0.1) is 6.42 Å². The standard InChI is InChI=1S/C14H12ClNO2/c1-9(17)8-14(18)16-13-7-6-12(15)10-4-2-3-5-11(10)13/h2-7H,8H2,1H3,(H,16,18). The molecule has 2 rings (SSSR count). The molecule has 1 N–H and O–H groups in total. The second-order valence-corrected chi connectivity index (χ2v) is 4.47. The van der Waals surface area contributed by atoms with Crippen LogP contribution in [0.5, 0.6) is 0 Å². The fraction of sp³-hybridized carbons (Fsp3) is 0.143. The lowest BCUT2D eigenvalue weighted by Gasteiger charge is -2.09. The van der Waals surface area contributed by atoms with Crippen molar-refractivity contribution in [1.82, 2.24) is 0 Å². The zero-order valence-corrected chi connectivity index (χ0v) is 10.6. The highest BCUT2D eigenvalue weighted by Gasteiger charge is 2.09. The van der Waals surface area contributed by atoms with Gasteiger partial charge in [-0.3, -0.25) is 9.59 Å². The Morgan fingerprint density at radius 3 is 2.44 bits per heavy atom. The van der Waals surface area contributed by atoms with E-state index in [2.05, 4.69) is 5.32 Å². The van der Waals surface area contributed by atoms with Gasteiger partial charge < -0.3 is 5.32 Å². The molecule has 0 aliphatic carbocycles. The molecule has 0 aromatic heterocycles. The Bertz CT molecular complexity index is 622. The van der Waals surface area contributed by atoms with Crippen molar-refractivity contribution in [3.8, 4) is 0 Å². The molecule has 18 heavy (non-hydrogen) atoms. The summed E-state index contributed by atoms with van der Waals surface area (Å²) in [5.74, 6) is -0.472. The number of anilines is 1. The SMILES string of the molecule is CC(=O)CC(=O)Nc1ccc(Cl)c2ccccc12. The lowest BCUT2D eigenvalue weighted by Crippen LogP contribution is -2.14. The molecular weight excluding hydrogens is 250 g/mol. The lowest BCUT2D eigenvalue weighted by molar-refractivity contribution is -0.124. The Hall–Kier alpha value is -1.87. The van der Waals surface area contributed by atoms with Crippen LogP contribution >= 0.6 is 11.6 Å². The van der Waals surface area contributed by atoms with E-state index in [4.69, 9.17) is 11.6 Å². The van der Waals surface area contributed by atoms with E-state index in [-0.39, 0.29) is 18.1 Å². The molecule has 0 atom stereocenters. The van der Waals surface area contributed by atoms with Crippen LogP contribution in [0.3, 0.4) is 0 Å². The summed E-state index contributed by atoms with van der Waals surface area (Å²) in [5, 5.41) is 5.10. The van der Waals surface area contributed by atoms with Gasteiger partial charge in [-0.15, -0.1) is 0 Å². The molecule has 0 fully saturated rings. The molecule has 4 heteroatoms. The number of hydrogen-bond acceptors (Lipinski definition) is 2. The van der Waals surface area contributed by atoms with Gasteiger partial charge in [-0.05, 0) is 19.1 Å². The van der Waals surface area contributed by atoms with E-state index in [1.54, 1.807) is 12.1 Å². The molecule has 0 bridgehead atoms. The van der Waals surface area contributed by atoms with Crippen molar-refractivity contribution in [1.29, 1.82) is 0 Å². The van der Waals surface area contributed by atoms with Gasteiger partial charge in [0.1, 0.15) is 5.78 Å². The summed E-state index contributed by atoms with van der Waals surface area (Å²) >= 11 is 6.08. The largest absolute Gasteiger partial charge is 0.325 e. The van der Waals surface area contributed by atoms with Crippen molar-refractivity contribution in [2.75, 3.05) is 5.32 Å². The molecule has 2 aromatic carbocycles. The van der Waals surface area contributed by atoms with Gasteiger partial charge in [-0.2, -0.15) is 0 Å². The number of halogens is 1. The molecular formula is C14H12ClNO2.